The molecule has 0 aliphatic heterocycles. The minimum Gasteiger partial charge on any atom is -0.350 e. The van der Waals surface area contributed by atoms with E-state index < -0.39 is 0 Å². The number of hydrogen-bond acceptors (Lipinski definition) is 4. The van der Waals surface area contributed by atoms with Crippen LogP contribution < -0.4 is 5.32 Å². The zero-order valence-electron chi connectivity index (χ0n) is 12.2. The van der Waals surface area contributed by atoms with Gasteiger partial charge < -0.3 is 9.88 Å². The van der Waals surface area contributed by atoms with Crippen molar-refractivity contribution >= 4 is 5.91 Å². The van der Waals surface area contributed by atoms with E-state index in [1.54, 1.807) is 12.4 Å². The van der Waals surface area contributed by atoms with Crippen LogP contribution in [0, 0.1) is 0 Å². The molecule has 0 aliphatic rings. The number of amides is 1. The van der Waals surface area contributed by atoms with Crippen LogP contribution in [-0.4, -0.2) is 37.4 Å². The van der Waals surface area contributed by atoms with Crippen LogP contribution in [0.25, 0.3) is 11.3 Å². The topological polar surface area (TPSA) is 88.5 Å². The van der Waals surface area contributed by atoms with Crippen LogP contribution in [-0.2, 0) is 13.5 Å². The Labute approximate surface area is 127 Å². The smallest absolute Gasteiger partial charge is 0.269 e. The third-order valence-electron chi connectivity index (χ3n) is 3.33. The van der Waals surface area contributed by atoms with E-state index in [0.29, 0.717) is 18.7 Å². The van der Waals surface area contributed by atoms with Crippen LogP contribution in [0.3, 0.4) is 0 Å². The number of benzene rings is 1. The monoisotopic (exact) mass is 296 g/mol. The molecule has 3 rings (SSSR count). The molecule has 1 amide bonds. The van der Waals surface area contributed by atoms with E-state index in [4.69, 9.17) is 0 Å². The number of aryl methyl sites for hydroxylation is 1. The molecule has 2 heterocycles. The second-order valence-electron chi connectivity index (χ2n) is 4.90. The van der Waals surface area contributed by atoms with Crippen molar-refractivity contribution in [2.45, 2.75) is 6.42 Å². The minimum atomic E-state index is -0.183. The third-order valence-corrected chi connectivity index (χ3v) is 3.33. The Morgan fingerprint density at radius 3 is 2.86 bits per heavy atom. The Morgan fingerprint density at radius 1 is 1.32 bits per heavy atom. The molecule has 0 bridgehead atoms. The van der Waals surface area contributed by atoms with Gasteiger partial charge in [0.15, 0.2) is 0 Å². The fourth-order valence-corrected chi connectivity index (χ4v) is 2.11. The molecule has 1 aromatic carbocycles. The number of carbonyl (C=O) groups is 1. The van der Waals surface area contributed by atoms with E-state index in [-0.39, 0.29) is 5.91 Å². The zero-order chi connectivity index (χ0) is 15.4. The average molecular weight is 296 g/mol. The molecule has 7 nitrogen and oxygen atoms in total. The molecule has 3 aromatic rings. The fraction of sp³-hybridized carbons (Fsp3) is 0.200. The molecule has 0 saturated heterocycles. The van der Waals surface area contributed by atoms with E-state index in [1.807, 2.05) is 41.9 Å². The van der Waals surface area contributed by atoms with Gasteiger partial charge in [-0.05, 0) is 6.07 Å². The Morgan fingerprint density at radius 2 is 2.14 bits per heavy atom. The molecule has 7 heteroatoms. The zero-order valence-corrected chi connectivity index (χ0v) is 12.2. The summed E-state index contributed by atoms with van der Waals surface area (Å²) in [6.45, 7) is 0.491. The molecule has 0 aliphatic carbocycles. The summed E-state index contributed by atoms with van der Waals surface area (Å²) in [5, 5.41) is 17.5. The second-order valence-corrected chi connectivity index (χ2v) is 4.90. The Kier molecular flexibility index (Phi) is 3.95. The first kappa shape index (κ1) is 14.0. The van der Waals surface area contributed by atoms with E-state index in [1.165, 1.54) is 0 Å². The Hall–Kier alpha value is -2.96. The van der Waals surface area contributed by atoms with Gasteiger partial charge in [-0.1, -0.05) is 30.3 Å². The van der Waals surface area contributed by atoms with Gasteiger partial charge >= 0.3 is 0 Å². The molecule has 0 saturated carbocycles. The second kappa shape index (κ2) is 6.21. The first-order chi connectivity index (χ1) is 10.7. The predicted octanol–water partition coefficient (Wildman–Crippen LogP) is 1.18. The Balaban J connectivity index is 1.59. The van der Waals surface area contributed by atoms with Gasteiger partial charge in [0.2, 0.25) is 0 Å². The Bertz CT molecular complexity index is 761. The van der Waals surface area contributed by atoms with Gasteiger partial charge in [0.1, 0.15) is 17.8 Å². The molecule has 0 radical (unpaired) electrons. The van der Waals surface area contributed by atoms with Crippen molar-refractivity contribution in [1.82, 2.24) is 30.3 Å². The maximum Gasteiger partial charge on any atom is 0.269 e. The highest BCUT2D eigenvalue weighted by Crippen LogP contribution is 2.16. The number of aromatic nitrogens is 5. The normalized spacial score (nSPS) is 10.6. The highest BCUT2D eigenvalue weighted by Gasteiger charge is 2.11. The summed E-state index contributed by atoms with van der Waals surface area (Å²) in [7, 11) is 1.87. The third kappa shape index (κ3) is 3.03. The summed E-state index contributed by atoms with van der Waals surface area (Å²) < 4.78 is 1.83. The number of hydrogen-bond donors (Lipinski definition) is 2. The number of nitrogens with zero attached hydrogens (tertiary/aromatic N) is 4. The van der Waals surface area contributed by atoms with Crippen molar-refractivity contribution in [2.75, 3.05) is 6.54 Å². The molecule has 0 unspecified atom stereocenters. The number of carbonyl (C=O) groups excluding carboxylic acids is 1. The lowest BCUT2D eigenvalue weighted by Gasteiger charge is -2.02. The van der Waals surface area contributed by atoms with Gasteiger partial charge in [-0.15, -0.1) is 10.2 Å². The number of nitrogens with one attached hydrogen (secondary N) is 2. The average Bonchev–Trinajstić information content (AvgIpc) is 3.18. The summed E-state index contributed by atoms with van der Waals surface area (Å²) in [5.41, 5.74) is 2.16. The van der Waals surface area contributed by atoms with Crippen LogP contribution in [0.1, 0.15) is 16.3 Å². The van der Waals surface area contributed by atoms with Gasteiger partial charge in [-0.3, -0.25) is 9.89 Å². The van der Waals surface area contributed by atoms with E-state index in [2.05, 4.69) is 25.7 Å². The number of rotatable bonds is 5. The lowest BCUT2D eigenvalue weighted by Crippen LogP contribution is -2.26. The van der Waals surface area contributed by atoms with Gasteiger partial charge in [-0.2, -0.15) is 5.10 Å². The summed E-state index contributed by atoms with van der Waals surface area (Å²) in [4.78, 5) is 12.1. The maximum atomic E-state index is 12.1. The number of H-pyrrole nitrogens is 1. The van der Waals surface area contributed by atoms with Crippen LogP contribution >= 0.6 is 0 Å². The van der Waals surface area contributed by atoms with Gasteiger partial charge in [0.05, 0.1) is 5.69 Å². The quantitative estimate of drug-likeness (QED) is 0.740. The van der Waals surface area contributed by atoms with Crippen LogP contribution in [0.5, 0.6) is 0 Å². The van der Waals surface area contributed by atoms with E-state index in [0.717, 1.165) is 17.1 Å². The van der Waals surface area contributed by atoms with Gasteiger partial charge in [-0.25, -0.2) is 0 Å². The molecule has 0 atom stereocenters. The highest BCUT2D eigenvalue weighted by atomic mass is 16.1. The van der Waals surface area contributed by atoms with Gasteiger partial charge in [0.25, 0.3) is 5.91 Å². The van der Waals surface area contributed by atoms with Crippen molar-refractivity contribution in [1.29, 1.82) is 0 Å². The summed E-state index contributed by atoms with van der Waals surface area (Å²) >= 11 is 0. The highest BCUT2D eigenvalue weighted by molar-refractivity contribution is 5.93. The van der Waals surface area contributed by atoms with Crippen molar-refractivity contribution < 1.29 is 4.79 Å². The molecule has 112 valence electrons. The number of aromatic amines is 1. The lowest BCUT2D eigenvalue weighted by atomic mass is 10.1. The van der Waals surface area contributed by atoms with Crippen molar-refractivity contribution in [3.05, 3.63) is 54.2 Å². The molecule has 2 aromatic heterocycles. The maximum absolute atomic E-state index is 12.1. The summed E-state index contributed by atoms with van der Waals surface area (Å²) in [6, 6.07) is 11.5. The molecular weight excluding hydrogens is 280 g/mol. The lowest BCUT2D eigenvalue weighted by molar-refractivity contribution is 0.0949. The van der Waals surface area contributed by atoms with Crippen LogP contribution in [0.15, 0.2) is 42.7 Å². The molecule has 0 spiro atoms. The summed E-state index contributed by atoms with van der Waals surface area (Å²) in [6.07, 6.45) is 2.26. The fourth-order valence-electron chi connectivity index (χ4n) is 2.11. The first-order valence-electron chi connectivity index (χ1n) is 6.96. The van der Waals surface area contributed by atoms with Crippen molar-refractivity contribution in [2.24, 2.45) is 7.05 Å². The SMILES string of the molecule is Cn1cnnc1CCNC(=O)c1cc(-c2ccccc2)n[nH]1. The molecule has 0 fully saturated rings. The molecule has 22 heavy (non-hydrogen) atoms. The summed E-state index contributed by atoms with van der Waals surface area (Å²) in [5.74, 6) is 0.645. The van der Waals surface area contributed by atoms with Crippen molar-refractivity contribution in [3.63, 3.8) is 0 Å². The minimum absolute atomic E-state index is 0.183. The predicted molar refractivity (Wildman–Crippen MR) is 81.1 cm³/mol. The van der Waals surface area contributed by atoms with Gasteiger partial charge in [0, 0.05) is 25.6 Å². The molecule has 2 N–H and O–H groups in total. The standard InChI is InChI=1S/C15H16N6O/c1-21-10-17-20-14(21)7-8-16-15(22)13-9-12(18-19-13)11-5-3-2-4-6-11/h2-6,9-10H,7-8H2,1H3,(H,16,22)(H,18,19). The molecular formula is C15H16N6O. The van der Waals surface area contributed by atoms with Crippen molar-refractivity contribution in [3.8, 4) is 11.3 Å². The van der Waals surface area contributed by atoms with Crippen LogP contribution in [0.2, 0.25) is 0 Å². The van der Waals surface area contributed by atoms with E-state index in [9.17, 15) is 4.79 Å². The van der Waals surface area contributed by atoms with E-state index >= 15 is 0 Å². The first-order valence-corrected chi connectivity index (χ1v) is 6.96. The van der Waals surface area contributed by atoms with Crippen LogP contribution in [0.4, 0.5) is 0 Å². The largest absolute Gasteiger partial charge is 0.350 e.